The summed E-state index contributed by atoms with van der Waals surface area (Å²) in [6, 6.07) is 19.3. The van der Waals surface area contributed by atoms with E-state index in [0.717, 1.165) is 97.0 Å². The monoisotopic (exact) mass is 1070 g/mol. The Morgan fingerprint density at radius 3 is 1.68 bits per heavy atom. The molecule has 0 spiro atoms. The summed E-state index contributed by atoms with van der Waals surface area (Å²) in [4.78, 5) is 40.7. The molecule has 2 fully saturated rings. The van der Waals surface area contributed by atoms with Gasteiger partial charge in [0.05, 0.1) is 72.1 Å². The molecule has 2 aliphatic rings. The number of nitrogens with zero attached hydrogens (tertiary/aromatic N) is 6. The lowest BCUT2D eigenvalue weighted by Gasteiger charge is -2.26. The molecule has 0 bridgehead atoms. The van der Waals surface area contributed by atoms with E-state index in [9.17, 15) is 30.6 Å². The zero-order chi connectivity index (χ0) is 51.8. The van der Waals surface area contributed by atoms with Crippen molar-refractivity contribution in [1.82, 2.24) is 29.1 Å². The van der Waals surface area contributed by atoms with Gasteiger partial charge in [0.2, 0.25) is 5.16 Å². The second kappa shape index (κ2) is 27.5. The number of nitrogens with two attached hydrogens (primary N) is 1. The molecule has 0 amide bonds. The first kappa shape index (κ1) is 58.1. The molecule has 0 radical (unpaired) electrons. The summed E-state index contributed by atoms with van der Waals surface area (Å²) in [5.41, 5.74) is 7.57. The van der Waals surface area contributed by atoms with Gasteiger partial charge in [0.25, 0.3) is 0 Å². The molecule has 2 aromatic carbocycles. The molecular formula is C52H71N7O11S3. The van der Waals surface area contributed by atoms with E-state index >= 15 is 0 Å². The highest BCUT2D eigenvalue weighted by Crippen LogP contribution is 2.33. The highest BCUT2D eigenvalue weighted by atomic mass is 32.2. The Morgan fingerprint density at radius 2 is 1.19 bits per heavy atom. The predicted molar refractivity (Wildman–Crippen MR) is 284 cm³/mol. The Balaban J connectivity index is 0.000000223. The summed E-state index contributed by atoms with van der Waals surface area (Å²) in [6.07, 6.45) is 20.2. The standard InChI is InChI=1S/C25H31N3O5S.C17H19N3O4S2.C9H17NO2.CH4/c1-32-25(29)19-9-7-18(8-10-19)17-23-26-13-11-24(27-23)28-14-12-20-21(28)5-3-6-22(20)33-15-4-16-34(2,30)31;1-25(21)17-18-9-7-16(19-17)20-10-8-13-14(20)5-3-6-15(13)24-11-4-12-26(2,22)23;1-2-12-9(11)7-3-5-8(10)6-4-7;/h3,5-6,11-14,18-19H,4,7-10,15-17H2,1-2H3;3,5-10H,4,11-12H2,1-2H3;7-8H,2-6,10H2,1H3;1H4. The van der Waals surface area contributed by atoms with Crippen LogP contribution in [0.1, 0.15) is 84.4 Å². The molecule has 18 nitrogen and oxygen atoms in total. The van der Waals surface area contributed by atoms with Crippen LogP contribution in [0.4, 0.5) is 0 Å². The maximum atomic E-state index is 11.8. The van der Waals surface area contributed by atoms with Crippen LogP contribution >= 0.6 is 0 Å². The minimum Gasteiger partial charge on any atom is -0.493 e. The summed E-state index contributed by atoms with van der Waals surface area (Å²) in [5.74, 6) is 4.28. The van der Waals surface area contributed by atoms with E-state index < -0.39 is 30.5 Å². The first-order valence-electron chi connectivity index (χ1n) is 24.2. The smallest absolute Gasteiger partial charge is 0.308 e. The summed E-state index contributed by atoms with van der Waals surface area (Å²) in [5, 5.41) is 2.12. The zero-order valence-corrected chi connectivity index (χ0v) is 44.1. The Morgan fingerprint density at radius 1 is 0.699 bits per heavy atom. The molecule has 2 saturated carbocycles. The van der Waals surface area contributed by atoms with Crippen molar-refractivity contribution in [3.05, 3.63) is 91.3 Å². The maximum Gasteiger partial charge on any atom is 0.308 e. The SMILES string of the molecule is C.CCOC(=O)C1CCC(N)CC1.COC(=O)C1CCC(Cc2nccc(-n3ccc4c(OCCCS(C)(=O)=O)cccc43)n2)CC1.CS(=O)c1nccc(-n2ccc3c(OCCCS(C)(=O)=O)cccc32)n1. The number of methoxy groups -OCH3 is 1. The van der Waals surface area contributed by atoms with Gasteiger partial charge in [0.15, 0.2) is 0 Å². The van der Waals surface area contributed by atoms with Gasteiger partial charge in [0, 0.05) is 66.8 Å². The van der Waals surface area contributed by atoms with Crippen molar-refractivity contribution >= 4 is 64.2 Å². The van der Waals surface area contributed by atoms with Gasteiger partial charge in [-0.2, -0.15) is 0 Å². The number of carbonyl (C=O) groups is 2. The topological polar surface area (TPSA) is 244 Å². The van der Waals surface area contributed by atoms with Gasteiger partial charge in [-0.25, -0.2) is 36.8 Å². The quantitative estimate of drug-likeness (QED) is 0.0500. The molecule has 0 saturated heterocycles. The Kier molecular flexibility index (Phi) is 21.9. The molecule has 2 aliphatic carbocycles. The molecule has 0 aliphatic heterocycles. The lowest BCUT2D eigenvalue weighted by atomic mass is 9.80. The number of hydrogen-bond donors (Lipinski definition) is 1. The van der Waals surface area contributed by atoms with E-state index in [1.807, 2.05) is 83.0 Å². The predicted octanol–water partition coefficient (Wildman–Crippen LogP) is 7.43. The van der Waals surface area contributed by atoms with Crippen LogP contribution in [-0.2, 0) is 56.0 Å². The van der Waals surface area contributed by atoms with Crippen molar-refractivity contribution in [2.24, 2.45) is 23.5 Å². The second-order valence-corrected chi connectivity index (χ2v) is 24.0. The molecule has 398 valence electrons. The van der Waals surface area contributed by atoms with Gasteiger partial charge in [-0.1, -0.05) is 19.6 Å². The lowest BCUT2D eigenvalue weighted by molar-refractivity contribution is -0.149. The first-order chi connectivity index (χ1) is 34.4. The average Bonchev–Trinajstić information content (AvgIpc) is 4.01. The number of fused-ring (bicyclic) bond motifs is 2. The van der Waals surface area contributed by atoms with Crippen LogP contribution in [0.2, 0.25) is 0 Å². The largest absolute Gasteiger partial charge is 0.493 e. The fourth-order valence-corrected chi connectivity index (χ4v) is 10.5. The molecule has 8 rings (SSSR count). The molecular weight excluding hydrogens is 995 g/mol. The molecule has 1 unspecified atom stereocenters. The van der Waals surface area contributed by atoms with E-state index in [4.69, 9.17) is 29.7 Å². The molecule has 73 heavy (non-hydrogen) atoms. The number of sulfone groups is 2. The van der Waals surface area contributed by atoms with Crippen LogP contribution in [0.25, 0.3) is 33.4 Å². The minimum atomic E-state index is -2.99. The third-order valence-corrected chi connectivity index (χ3v) is 15.3. The average molecular weight is 1070 g/mol. The van der Waals surface area contributed by atoms with Crippen molar-refractivity contribution in [2.75, 3.05) is 57.2 Å². The van der Waals surface area contributed by atoms with Gasteiger partial charge in [-0.05, 0) is 126 Å². The molecule has 6 aromatic rings. The Bertz CT molecular complexity index is 3000. The van der Waals surface area contributed by atoms with Gasteiger partial charge in [0.1, 0.15) is 48.6 Å². The van der Waals surface area contributed by atoms with Crippen molar-refractivity contribution in [3.63, 3.8) is 0 Å². The molecule has 1 atom stereocenters. The lowest BCUT2D eigenvalue weighted by Crippen LogP contribution is -2.30. The van der Waals surface area contributed by atoms with Gasteiger partial charge >= 0.3 is 11.9 Å². The van der Waals surface area contributed by atoms with E-state index in [1.165, 1.54) is 25.9 Å². The van der Waals surface area contributed by atoms with Crippen molar-refractivity contribution < 1.29 is 49.6 Å². The fourth-order valence-electron chi connectivity index (χ4n) is 8.80. The highest BCUT2D eigenvalue weighted by molar-refractivity contribution is 7.90. The van der Waals surface area contributed by atoms with Crippen LogP contribution in [0.3, 0.4) is 0 Å². The number of benzene rings is 2. The van der Waals surface area contributed by atoms with E-state index in [1.54, 1.807) is 18.5 Å². The number of esters is 2. The number of ether oxygens (including phenoxy) is 4. The van der Waals surface area contributed by atoms with Crippen LogP contribution in [-0.4, -0.2) is 125 Å². The normalized spacial score (nSPS) is 18.2. The fraction of sp³-hybridized carbons (Fsp3) is 0.500. The van der Waals surface area contributed by atoms with Crippen molar-refractivity contribution in [2.45, 2.75) is 96.2 Å². The molecule has 4 heterocycles. The van der Waals surface area contributed by atoms with Gasteiger partial charge in [-0.15, -0.1) is 0 Å². The third-order valence-electron chi connectivity index (χ3n) is 12.5. The van der Waals surface area contributed by atoms with Crippen LogP contribution in [0, 0.1) is 17.8 Å². The van der Waals surface area contributed by atoms with E-state index in [-0.39, 0.29) is 47.9 Å². The van der Waals surface area contributed by atoms with Crippen molar-refractivity contribution in [1.29, 1.82) is 0 Å². The summed E-state index contributed by atoms with van der Waals surface area (Å²) >= 11 is 0. The second-order valence-electron chi connectivity index (χ2n) is 18.2. The zero-order valence-electron chi connectivity index (χ0n) is 41.7. The number of hydrogen-bond acceptors (Lipinski definition) is 16. The Labute approximate surface area is 432 Å². The Hall–Kier alpha value is -5.77. The summed E-state index contributed by atoms with van der Waals surface area (Å²) < 4.78 is 82.0. The van der Waals surface area contributed by atoms with Gasteiger partial charge < -0.3 is 33.8 Å². The van der Waals surface area contributed by atoms with Gasteiger partial charge in [-0.3, -0.25) is 13.8 Å². The molecule has 2 N–H and O–H groups in total. The molecule has 21 heteroatoms. The maximum absolute atomic E-state index is 11.8. The number of rotatable bonds is 18. The third kappa shape index (κ3) is 17.4. The minimum absolute atomic E-state index is 0. The van der Waals surface area contributed by atoms with Crippen LogP contribution < -0.4 is 15.2 Å². The molecule has 4 aromatic heterocycles. The van der Waals surface area contributed by atoms with E-state index in [2.05, 4.69) is 15.0 Å². The number of carbonyl (C=O) groups excluding carboxylic acids is 2. The summed E-state index contributed by atoms with van der Waals surface area (Å²) in [7, 11) is -5.79. The van der Waals surface area contributed by atoms with Crippen LogP contribution in [0.5, 0.6) is 11.5 Å². The summed E-state index contributed by atoms with van der Waals surface area (Å²) in [6.45, 7) is 2.99. The highest BCUT2D eigenvalue weighted by Gasteiger charge is 2.28. The van der Waals surface area contributed by atoms with Crippen LogP contribution in [0.15, 0.2) is 90.6 Å². The first-order valence-corrected chi connectivity index (χ1v) is 29.9. The van der Waals surface area contributed by atoms with Crippen molar-refractivity contribution in [3.8, 4) is 23.1 Å². The number of aromatic nitrogens is 6. The van der Waals surface area contributed by atoms with E-state index in [0.29, 0.717) is 56.2 Å².